The molecule has 0 atom stereocenters. The number of thioether (sulfide) groups is 3. The summed E-state index contributed by atoms with van der Waals surface area (Å²) in [4.78, 5) is 21.7. The molecule has 0 amide bonds. The molecular formula is C22H21FN2O3S3. The number of carbonyl (C=O) groups is 1. The van der Waals surface area contributed by atoms with Crippen LogP contribution in [-0.2, 0) is 16.2 Å². The lowest BCUT2D eigenvalue weighted by Crippen LogP contribution is -2.10. The summed E-state index contributed by atoms with van der Waals surface area (Å²) in [5.41, 5.74) is 2.36. The summed E-state index contributed by atoms with van der Waals surface area (Å²) in [6.07, 6.45) is 1.89. The predicted octanol–water partition coefficient (Wildman–Crippen LogP) is 5.72. The van der Waals surface area contributed by atoms with Crippen molar-refractivity contribution in [2.75, 3.05) is 20.5 Å². The van der Waals surface area contributed by atoms with E-state index in [2.05, 4.69) is 9.97 Å². The first-order valence-corrected chi connectivity index (χ1v) is 12.4. The normalized spacial score (nSPS) is 10.7. The molecule has 0 aliphatic carbocycles. The van der Waals surface area contributed by atoms with Gasteiger partial charge in [-0.3, -0.25) is 0 Å². The van der Waals surface area contributed by atoms with Crippen LogP contribution in [0.15, 0.2) is 63.7 Å². The number of hydrogen-bond acceptors (Lipinski definition) is 8. The van der Waals surface area contributed by atoms with Gasteiger partial charge in [-0.2, -0.15) is 0 Å². The molecule has 31 heavy (non-hydrogen) atoms. The third kappa shape index (κ3) is 6.38. The minimum atomic E-state index is -0.480. The minimum absolute atomic E-state index is 0.284. The van der Waals surface area contributed by atoms with Crippen LogP contribution >= 0.6 is 35.3 Å². The monoisotopic (exact) mass is 476 g/mol. The van der Waals surface area contributed by atoms with E-state index in [4.69, 9.17) is 9.47 Å². The van der Waals surface area contributed by atoms with E-state index in [-0.39, 0.29) is 5.82 Å². The van der Waals surface area contributed by atoms with Gasteiger partial charge in [-0.25, -0.2) is 19.2 Å². The second-order valence-electron chi connectivity index (χ2n) is 6.24. The van der Waals surface area contributed by atoms with E-state index in [1.165, 1.54) is 54.5 Å². The summed E-state index contributed by atoms with van der Waals surface area (Å²) in [7, 11) is 2.97. The van der Waals surface area contributed by atoms with Gasteiger partial charge in [0.05, 0.1) is 14.2 Å². The van der Waals surface area contributed by atoms with Crippen molar-refractivity contribution in [2.45, 2.75) is 26.7 Å². The molecule has 0 fully saturated rings. The smallest absolute Gasteiger partial charge is 0.343 e. The van der Waals surface area contributed by atoms with Gasteiger partial charge in [0.2, 0.25) is 0 Å². The molecule has 5 nitrogen and oxygen atoms in total. The molecule has 0 unspecified atom stereocenters. The SMILES string of the molecule is COC(=O)c1c(SCc2ccc(F)cc2)nc(SC)nc1SCc1ccc(OC)cc1. The van der Waals surface area contributed by atoms with Gasteiger partial charge in [-0.1, -0.05) is 36.0 Å². The summed E-state index contributed by atoms with van der Waals surface area (Å²) in [6.45, 7) is 0. The molecule has 0 spiro atoms. The van der Waals surface area contributed by atoms with Gasteiger partial charge in [-0.05, 0) is 41.6 Å². The number of benzene rings is 2. The molecule has 0 bridgehead atoms. The highest BCUT2D eigenvalue weighted by Gasteiger charge is 2.23. The Morgan fingerprint density at radius 3 is 1.87 bits per heavy atom. The third-order valence-electron chi connectivity index (χ3n) is 4.22. The van der Waals surface area contributed by atoms with Crippen molar-refractivity contribution in [2.24, 2.45) is 0 Å². The first kappa shape index (κ1) is 23.4. The molecule has 162 valence electrons. The molecule has 0 N–H and O–H groups in total. The van der Waals surface area contributed by atoms with E-state index < -0.39 is 5.97 Å². The van der Waals surface area contributed by atoms with Crippen LogP contribution in [-0.4, -0.2) is 36.4 Å². The lowest BCUT2D eigenvalue weighted by Gasteiger charge is -2.13. The highest BCUT2D eigenvalue weighted by Crippen LogP contribution is 2.34. The number of esters is 1. The molecular weight excluding hydrogens is 455 g/mol. The van der Waals surface area contributed by atoms with Gasteiger partial charge < -0.3 is 9.47 Å². The van der Waals surface area contributed by atoms with Crippen molar-refractivity contribution in [1.29, 1.82) is 0 Å². The maximum atomic E-state index is 13.2. The summed E-state index contributed by atoms with van der Waals surface area (Å²) in [6, 6.07) is 14.0. The standard InChI is InChI=1S/C22H21FN2O3S3/c1-27-17-10-6-15(7-11-17)13-31-20-18(21(26)28-2)19(24-22(25-20)29-3)30-12-14-4-8-16(23)9-5-14/h4-11H,12-13H2,1-3H3. The Morgan fingerprint density at radius 2 is 1.42 bits per heavy atom. The Labute approximate surface area is 193 Å². The van der Waals surface area contributed by atoms with Gasteiger partial charge in [0.15, 0.2) is 5.16 Å². The van der Waals surface area contributed by atoms with Gasteiger partial charge in [0.1, 0.15) is 27.2 Å². The van der Waals surface area contributed by atoms with Crippen LogP contribution in [0.1, 0.15) is 21.5 Å². The summed E-state index contributed by atoms with van der Waals surface area (Å²) >= 11 is 4.27. The van der Waals surface area contributed by atoms with Crippen molar-refractivity contribution < 1.29 is 18.7 Å². The average molecular weight is 477 g/mol. The van der Waals surface area contributed by atoms with Crippen molar-refractivity contribution in [3.63, 3.8) is 0 Å². The zero-order valence-corrected chi connectivity index (χ0v) is 19.7. The molecule has 0 aliphatic heterocycles. The fourth-order valence-corrected chi connectivity index (χ4v) is 5.07. The highest BCUT2D eigenvalue weighted by atomic mass is 32.2. The van der Waals surface area contributed by atoms with Gasteiger partial charge in [-0.15, -0.1) is 23.5 Å². The molecule has 3 rings (SSSR count). The summed E-state index contributed by atoms with van der Waals surface area (Å²) in [5.74, 6) is 1.19. The third-order valence-corrected chi connectivity index (χ3v) is 6.86. The number of hydrogen-bond donors (Lipinski definition) is 0. The van der Waals surface area contributed by atoms with Crippen LogP contribution in [0.4, 0.5) is 4.39 Å². The summed E-state index contributed by atoms with van der Waals surface area (Å²) < 4.78 is 23.4. The van der Waals surface area contributed by atoms with E-state index in [0.29, 0.717) is 32.3 Å². The van der Waals surface area contributed by atoms with Crippen LogP contribution in [0.25, 0.3) is 0 Å². The Kier molecular flexibility index (Phi) is 8.62. The largest absolute Gasteiger partial charge is 0.497 e. The topological polar surface area (TPSA) is 61.3 Å². The maximum absolute atomic E-state index is 13.2. The number of halogens is 1. The van der Waals surface area contributed by atoms with Crippen molar-refractivity contribution in [3.05, 3.63) is 71.0 Å². The first-order chi connectivity index (χ1) is 15.0. The van der Waals surface area contributed by atoms with E-state index >= 15 is 0 Å². The fraction of sp³-hybridized carbons (Fsp3) is 0.227. The number of methoxy groups -OCH3 is 2. The van der Waals surface area contributed by atoms with Crippen molar-refractivity contribution >= 4 is 41.3 Å². The second kappa shape index (κ2) is 11.4. The Morgan fingerprint density at radius 1 is 0.903 bits per heavy atom. The Bertz CT molecular complexity index is 1030. The first-order valence-electron chi connectivity index (χ1n) is 9.21. The number of rotatable bonds is 9. The predicted molar refractivity (Wildman–Crippen MR) is 124 cm³/mol. The minimum Gasteiger partial charge on any atom is -0.497 e. The molecule has 0 aliphatic rings. The van der Waals surface area contributed by atoms with Crippen LogP contribution < -0.4 is 4.74 Å². The van der Waals surface area contributed by atoms with E-state index in [9.17, 15) is 9.18 Å². The zero-order chi connectivity index (χ0) is 22.2. The second-order valence-corrected chi connectivity index (χ2v) is 8.94. The maximum Gasteiger partial charge on any atom is 0.343 e. The number of ether oxygens (including phenoxy) is 2. The lowest BCUT2D eigenvalue weighted by atomic mass is 10.2. The lowest BCUT2D eigenvalue weighted by molar-refractivity contribution is 0.0589. The van der Waals surface area contributed by atoms with Gasteiger partial charge >= 0.3 is 5.97 Å². The van der Waals surface area contributed by atoms with E-state index in [1.807, 2.05) is 30.5 Å². The molecule has 0 saturated heterocycles. The van der Waals surface area contributed by atoms with Crippen LogP contribution in [0, 0.1) is 5.82 Å². The molecule has 1 aromatic heterocycles. The number of nitrogens with zero attached hydrogens (tertiary/aromatic N) is 2. The Hall–Kier alpha value is -2.23. The molecule has 2 aromatic carbocycles. The zero-order valence-electron chi connectivity index (χ0n) is 17.3. The van der Waals surface area contributed by atoms with Crippen molar-refractivity contribution in [1.82, 2.24) is 9.97 Å². The average Bonchev–Trinajstić information content (AvgIpc) is 2.81. The van der Waals surface area contributed by atoms with Gasteiger partial charge in [0.25, 0.3) is 0 Å². The molecule has 1 heterocycles. The van der Waals surface area contributed by atoms with Crippen LogP contribution in [0.3, 0.4) is 0 Å². The number of aromatic nitrogens is 2. The van der Waals surface area contributed by atoms with Crippen molar-refractivity contribution in [3.8, 4) is 5.75 Å². The van der Waals surface area contributed by atoms with E-state index in [0.717, 1.165) is 16.9 Å². The van der Waals surface area contributed by atoms with Crippen LogP contribution in [0.2, 0.25) is 0 Å². The van der Waals surface area contributed by atoms with Crippen LogP contribution in [0.5, 0.6) is 5.75 Å². The number of carbonyl (C=O) groups excluding carboxylic acids is 1. The molecule has 3 aromatic rings. The Balaban J connectivity index is 1.87. The molecule has 9 heteroatoms. The van der Waals surface area contributed by atoms with E-state index in [1.54, 1.807) is 19.2 Å². The van der Waals surface area contributed by atoms with Gasteiger partial charge in [0, 0.05) is 11.5 Å². The summed E-state index contributed by atoms with van der Waals surface area (Å²) in [5, 5.41) is 1.70. The fourth-order valence-electron chi connectivity index (χ4n) is 2.58. The quantitative estimate of drug-likeness (QED) is 0.168. The molecule has 0 saturated carbocycles. The highest BCUT2D eigenvalue weighted by molar-refractivity contribution is 7.99. The molecule has 0 radical (unpaired) electrons.